The predicted octanol–water partition coefficient (Wildman–Crippen LogP) is 3.84. The number of ketones is 1. The van der Waals surface area contributed by atoms with Gasteiger partial charge in [-0.1, -0.05) is 6.92 Å². The number of carbonyl (C=O) groups is 1. The molecule has 0 aromatic heterocycles. The third kappa shape index (κ3) is 3.46. The number of hydrogen-bond acceptors (Lipinski definition) is 3. The number of halogens is 1. The van der Waals surface area contributed by atoms with Gasteiger partial charge in [-0.05, 0) is 35.8 Å². The lowest BCUT2D eigenvalue weighted by molar-refractivity contribution is 0.0984. The molecular weight excluding hydrogens is 284 g/mol. The second-order valence-corrected chi connectivity index (χ2v) is 4.28. The summed E-state index contributed by atoms with van der Waals surface area (Å²) in [6.07, 6.45) is 0.459. The van der Waals surface area contributed by atoms with E-state index in [2.05, 4.69) is 15.9 Å². The van der Waals surface area contributed by atoms with E-state index < -0.39 is 0 Å². The number of ether oxygens (including phenoxy) is 2. The Morgan fingerprint density at radius 2 is 1.71 bits per heavy atom. The van der Waals surface area contributed by atoms with Crippen molar-refractivity contribution in [3.63, 3.8) is 0 Å². The van der Waals surface area contributed by atoms with Crippen LogP contribution in [0.4, 0.5) is 0 Å². The summed E-state index contributed by atoms with van der Waals surface area (Å²) in [5.74, 6) is 1.35. The number of hydrogen-bond donors (Lipinski definition) is 0. The third-order valence-electron chi connectivity index (χ3n) is 2.26. The molecule has 0 fully saturated rings. The standard InChI is InChI=1S/C13H17BrO3/c1-4-11(15)9-7-10(14)13(17-6-3)8-12(9)16-5-2/h7-8H,4-6H2,1-3H3. The molecule has 0 spiro atoms. The minimum Gasteiger partial charge on any atom is -0.493 e. The summed E-state index contributed by atoms with van der Waals surface area (Å²) in [6.45, 7) is 6.74. The van der Waals surface area contributed by atoms with Crippen LogP contribution in [0.1, 0.15) is 37.6 Å². The highest BCUT2D eigenvalue weighted by Crippen LogP contribution is 2.33. The molecule has 1 aromatic rings. The summed E-state index contributed by atoms with van der Waals surface area (Å²) < 4.78 is 11.7. The van der Waals surface area contributed by atoms with Crippen molar-refractivity contribution in [1.29, 1.82) is 0 Å². The number of rotatable bonds is 6. The second kappa shape index (κ2) is 6.64. The average Bonchev–Trinajstić information content (AvgIpc) is 2.32. The molecule has 0 bridgehead atoms. The Bertz CT molecular complexity index is 402. The third-order valence-corrected chi connectivity index (χ3v) is 2.88. The van der Waals surface area contributed by atoms with Gasteiger partial charge in [0.25, 0.3) is 0 Å². The monoisotopic (exact) mass is 300 g/mol. The highest BCUT2D eigenvalue weighted by Gasteiger charge is 2.15. The van der Waals surface area contributed by atoms with Gasteiger partial charge in [0.05, 0.1) is 23.2 Å². The SMILES string of the molecule is CCOc1cc(OCC)c(C(=O)CC)cc1Br. The van der Waals surface area contributed by atoms with Crippen LogP contribution < -0.4 is 9.47 Å². The highest BCUT2D eigenvalue weighted by molar-refractivity contribution is 9.10. The Kier molecular flexibility index (Phi) is 5.48. The lowest BCUT2D eigenvalue weighted by atomic mass is 10.1. The summed E-state index contributed by atoms with van der Waals surface area (Å²) in [5.41, 5.74) is 0.602. The lowest BCUT2D eigenvalue weighted by Crippen LogP contribution is -2.04. The van der Waals surface area contributed by atoms with Gasteiger partial charge in [-0.2, -0.15) is 0 Å². The van der Waals surface area contributed by atoms with Crippen LogP contribution in [-0.4, -0.2) is 19.0 Å². The Morgan fingerprint density at radius 3 is 2.24 bits per heavy atom. The summed E-state index contributed by atoms with van der Waals surface area (Å²) in [4.78, 5) is 11.8. The molecule has 0 heterocycles. The van der Waals surface area contributed by atoms with Gasteiger partial charge < -0.3 is 9.47 Å². The van der Waals surface area contributed by atoms with Gasteiger partial charge in [0, 0.05) is 12.5 Å². The Balaban J connectivity index is 3.20. The molecule has 0 amide bonds. The summed E-state index contributed by atoms with van der Waals surface area (Å²) >= 11 is 3.40. The zero-order valence-corrected chi connectivity index (χ0v) is 12.0. The van der Waals surface area contributed by atoms with Crippen molar-refractivity contribution in [2.24, 2.45) is 0 Å². The molecule has 0 aliphatic carbocycles. The van der Waals surface area contributed by atoms with Crippen molar-refractivity contribution in [2.75, 3.05) is 13.2 Å². The van der Waals surface area contributed by atoms with Gasteiger partial charge in [0.1, 0.15) is 11.5 Å². The molecule has 0 aliphatic rings. The molecule has 17 heavy (non-hydrogen) atoms. The van der Waals surface area contributed by atoms with Crippen molar-refractivity contribution in [1.82, 2.24) is 0 Å². The topological polar surface area (TPSA) is 35.5 Å². The fraction of sp³-hybridized carbons (Fsp3) is 0.462. The van der Waals surface area contributed by atoms with Gasteiger partial charge >= 0.3 is 0 Å². The largest absolute Gasteiger partial charge is 0.493 e. The molecule has 1 rings (SSSR count). The molecule has 0 saturated carbocycles. The van der Waals surface area contributed by atoms with Crippen LogP contribution >= 0.6 is 15.9 Å². The van der Waals surface area contributed by atoms with E-state index in [4.69, 9.17) is 9.47 Å². The van der Waals surface area contributed by atoms with Crippen LogP contribution in [-0.2, 0) is 0 Å². The van der Waals surface area contributed by atoms with Crippen molar-refractivity contribution in [3.05, 3.63) is 22.2 Å². The fourth-order valence-electron chi connectivity index (χ4n) is 1.48. The van der Waals surface area contributed by atoms with Crippen molar-refractivity contribution >= 4 is 21.7 Å². The van der Waals surface area contributed by atoms with E-state index >= 15 is 0 Å². The predicted molar refractivity (Wildman–Crippen MR) is 71.1 cm³/mol. The first kappa shape index (κ1) is 14.0. The maximum Gasteiger partial charge on any atom is 0.166 e. The Morgan fingerprint density at radius 1 is 1.12 bits per heavy atom. The summed E-state index contributed by atoms with van der Waals surface area (Å²) in [6, 6.07) is 3.53. The summed E-state index contributed by atoms with van der Waals surface area (Å²) in [5, 5.41) is 0. The van der Waals surface area contributed by atoms with Crippen molar-refractivity contribution in [2.45, 2.75) is 27.2 Å². The first-order valence-corrected chi connectivity index (χ1v) is 6.55. The van der Waals surface area contributed by atoms with E-state index in [1.54, 1.807) is 12.1 Å². The van der Waals surface area contributed by atoms with Crippen LogP contribution in [0.15, 0.2) is 16.6 Å². The van der Waals surface area contributed by atoms with Crippen LogP contribution in [0, 0.1) is 0 Å². The van der Waals surface area contributed by atoms with Crippen LogP contribution in [0.3, 0.4) is 0 Å². The fourth-order valence-corrected chi connectivity index (χ4v) is 1.94. The first-order valence-electron chi connectivity index (χ1n) is 5.76. The lowest BCUT2D eigenvalue weighted by Gasteiger charge is -2.13. The van der Waals surface area contributed by atoms with E-state index in [0.29, 0.717) is 36.7 Å². The highest BCUT2D eigenvalue weighted by atomic mass is 79.9. The van der Waals surface area contributed by atoms with Gasteiger partial charge in [-0.25, -0.2) is 0 Å². The molecule has 0 saturated heterocycles. The second-order valence-electron chi connectivity index (χ2n) is 3.42. The molecule has 0 N–H and O–H groups in total. The van der Waals surface area contributed by atoms with E-state index in [1.807, 2.05) is 20.8 Å². The number of carbonyl (C=O) groups excluding carboxylic acids is 1. The molecule has 0 radical (unpaired) electrons. The van der Waals surface area contributed by atoms with Gasteiger partial charge in [0.15, 0.2) is 5.78 Å². The molecule has 94 valence electrons. The van der Waals surface area contributed by atoms with Crippen molar-refractivity contribution in [3.8, 4) is 11.5 Å². The van der Waals surface area contributed by atoms with E-state index in [-0.39, 0.29) is 5.78 Å². The first-order chi connectivity index (χ1) is 8.13. The number of benzene rings is 1. The molecule has 0 aliphatic heterocycles. The van der Waals surface area contributed by atoms with Gasteiger partial charge in [-0.15, -0.1) is 0 Å². The minimum atomic E-state index is 0.0669. The smallest absolute Gasteiger partial charge is 0.166 e. The molecule has 4 heteroatoms. The zero-order chi connectivity index (χ0) is 12.8. The maximum absolute atomic E-state index is 11.8. The zero-order valence-electron chi connectivity index (χ0n) is 10.4. The Hall–Kier alpha value is -1.03. The van der Waals surface area contributed by atoms with Crippen LogP contribution in [0.2, 0.25) is 0 Å². The van der Waals surface area contributed by atoms with E-state index in [9.17, 15) is 4.79 Å². The molecule has 1 aromatic carbocycles. The minimum absolute atomic E-state index is 0.0669. The Labute approximate surface area is 110 Å². The molecule has 0 unspecified atom stereocenters. The maximum atomic E-state index is 11.8. The van der Waals surface area contributed by atoms with Gasteiger partial charge in [0.2, 0.25) is 0 Å². The molecule has 0 atom stereocenters. The van der Waals surface area contributed by atoms with E-state index in [0.717, 1.165) is 4.47 Å². The normalized spacial score (nSPS) is 10.1. The molecule has 3 nitrogen and oxygen atoms in total. The summed E-state index contributed by atoms with van der Waals surface area (Å²) in [7, 11) is 0. The number of Topliss-reactive ketones (excluding diaryl/α,β-unsaturated/α-hetero) is 1. The van der Waals surface area contributed by atoms with Gasteiger partial charge in [-0.3, -0.25) is 4.79 Å². The quantitative estimate of drug-likeness (QED) is 0.749. The average molecular weight is 301 g/mol. The van der Waals surface area contributed by atoms with Crippen LogP contribution in [0.25, 0.3) is 0 Å². The molecular formula is C13H17BrO3. The van der Waals surface area contributed by atoms with Crippen LogP contribution in [0.5, 0.6) is 11.5 Å². The van der Waals surface area contributed by atoms with E-state index in [1.165, 1.54) is 0 Å². The van der Waals surface area contributed by atoms with Crippen molar-refractivity contribution < 1.29 is 14.3 Å².